The quantitative estimate of drug-likeness (QED) is 0.419. The van der Waals surface area contributed by atoms with Gasteiger partial charge in [-0.3, -0.25) is 4.98 Å². The van der Waals surface area contributed by atoms with Crippen molar-refractivity contribution in [1.82, 2.24) is 4.98 Å². The maximum absolute atomic E-state index is 13.3. The fourth-order valence-corrected chi connectivity index (χ4v) is 2.08. The molecule has 126 valence electrons. The highest BCUT2D eigenvalue weighted by Crippen LogP contribution is 2.36. The minimum atomic E-state index is -4.68. The zero-order valence-corrected chi connectivity index (χ0v) is 14.1. The molecule has 1 aromatic heterocycles. The predicted octanol–water partition coefficient (Wildman–Crippen LogP) is 5.15. The molecule has 1 aromatic rings. The van der Waals surface area contributed by atoms with E-state index in [1.165, 1.54) is 6.08 Å². The zero-order chi connectivity index (χ0) is 17.6. The number of pyridine rings is 1. The van der Waals surface area contributed by atoms with Crippen LogP contribution in [0.4, 0.5) is 13.2 Å². The van der Waals surface area contributed by atoms with Gasteiger partial charge < -0.3 is 4.74 Å². The molecule has 0 fully saturated rings. The molecular weight excluding hydrogens is 329 g/mol. The first-order valence-corrected chi connectivity index (χ1v) is 7.28. The van der Waals surface area contributed by atoms with Gasteiger partial charge in [0.15, 0.2) is 0 Å². The zero-order valence-electron chi connectivity index (χ0n) is 13.3. The summed E-state index contributed by atoms with van der Waals surface area (Å²) >= 11 is 5.77. The summed E-state index contributed by atoms with van der Waals surface area (Å²) in [6, 6.07) is 3.48. The molecule has 0 amide bonds. The number of hydrogen-bond donors (Lipinski definition) is 0. The summed E-state index contributed by atoms with van der Waals surface area (Å²) in [5.41, 5.74) is 0.593. The average Bonchev–Trinajstić information content (AvgIpc) is 2.45. The average molecular weight is 347 g/mol. The summed E-state index contributed by atoms with van der Waals surface area (Å²) < 4.78 is 44.7. The Bertz CT molecular complexity index is 632. The predicted molar refractivity (Wildman–Crippen MR) is 85.5 cm³/mol. The number of nitrogens with zero attached hydrogens (tertiary/aromatic N) is 2. The van der Waals surface area contributed by atoms with Crippen molar-refractivity contribution in [3.63, 3.8) is 0 Å². The number of rotatable bonds is 5. The topological polar surface area (TPSA) is 34.5 Å². The molecule has 0 aliphatic rings. The first-order chi connectivity index (χ1) is 10.7. The van der Waals surface area contributed by atoms with Crippen LogP contribution in [-0.2, 0) is 4.74 Å². The number of alkyl halides is 3. The van der Waals surface area contributed by atoms with Crippen LogP contribution in [-0.4, -0.2) is 24.0 Å². The molecule has 0 saturated heterocycles. The van der Waals surface area contributed by atoms with Crippen molar-refractivity contribution in [3.8, 4) is 0 Å². The van der Waals surface area contributed by atoms with Crippen molar-refractivity contribution in [2.75, 3.05) is 7.11 Å². The SMILES string of the molecule is CC/C=C(Cl)/C(=C(\N=C(/C)c1ccc(C)cn1)OC)C(F)(F)F. The van der Waals surface area contributed by atoms with Crippen LogP contribution in [0.3, 0.4) is 0 Å². The third-order valence-electron chi connectivity index (χ3n) is 2.86. The summed E-state index contributed by atoms with van der Waals surface area (Å²) in [6.07, 6.45) is -1.45. The highest BCUT2D eigenvalue weighted by molar-refractivity contribution is 6.32. The minimum Gasteiger partial charge on any atom is -0.481 e. The fraction of sp³-hybridized carbons (Fsp3) is 0.375. The van der Waals surface area contributed by atoms with Crippen LogP contribution >= 0.6 is 11.6 Å². The number of halogens is 4. The van der Waals surface area contributed by atoms with E-state index in [0.29, 0.717) is 17.8 Å². The van der Waals surface area contributed by atoms with E-state index in [1.807, 2.05) is 6.92 Å². The normalized spacial score (nSPS) is 14.6. The van der Waals surface area contributed by atoms with Crippen LogP contribution in [0.25, 0.3) is 0 Å². The molecule has 0 bridgehead atoms. The van der Waals surface area contributed by atoms with Gasteiger partial charge in [0.2, 0.25) is 5.88 Å². The molecule has 0 unspecified atom stereocenters. The number of aliphatic imine (C=N–C) groups is 1. The van der Waals surface area contributed by atoms with Gasteiger partial charge in [0.25, 0.3) is 0 Å². The number of aromatic nitrogens is 1. The minimum absolute atomic E-state index is 0.296. The molecule has 3 nitrogen and oxygen atoms in total. The Morgan fingerprint density at radius 3 is 2.48 bits per heavy atom. The maximum Gasteiger partial charge on any atom is 0.423 e. The second kappa shape index (κ2) is 8.15. The summed E-state index contributed by atoms with van der Waals surface area (Å²) in [5, 5.41) is -0.440. The van der Waals surface area contributed by atoms with Gasteiger partial charge in [0.05, 0.1) is 23.5 Å². The third-order valence-corrected chi connectivity index (χ3v) is 3.21. The Morgan fingerprint density at radius 1 is 1.39 bits per heavy atom. The van der Waals surface area contributed by atoms with E-state index in [1.54, 1.807) is 32.2 Å². The molecule has 1 rings (SSSR count). The van der Waals surface area contributed by atoms with Gasteiger partial charge in [-0.2, -0.15) is 13.2 Å². The van der Waals surface area contributed by atoms with Gasteiger partial charge in [-0.1, -0.05) is 30.7 Å². The maximum atomic E-state index is 13.3. The van der Waals surface area contributed by atoms with Crippen LogP contribution in [0.15, 0.2) is 45.9 Å². The molecule has 23 heavy (non-hydrogen) atoms. The second-order valence-corrected chi connectivity index (χ2v) is 5.17. The molecule has 7 heteroatoms. The van der Waals surface area contributed by atoms with Crippen molar-refractivity contribution < 1.29 is 17.9 Å². The Morgan fingerprint density at radius 2 is 2.04 bits per heavy atom. The highest BCUT2D eigenvalue weighted by atomic mass is 35.5. The van der Waals surface area contributed by atoms with Crippen LogP contribution in [0.2, 0.25) is 0 Å². The van der Waals surface area contributed by atoms with Crippen molar-refractivity contribution >= 4 is 17.3 Å². The molecule has 0 atom stereocenters. The third kappa shape index (κ3) is 5.39. The lowest BCUT2D eigenvalue weighted by Crippen LogP contribution is -2.16. The van der Waals surface area contributed by atoms with E-state index in [9.17, 15) is 13.2 Å². The molecule has 0 saturated carbocycles. The molecule has 0 aliphatic carbocycles. The molecular formula is C16H18ClF3N2O. The van der Waals surface area contributed by atoms with E-state index in [-0.39, 0.29) is 0 Å². The summed E-state index contributed by atoms with van der Waals surface area (Å²) in [4.78, 5) is 8.06. The smallest absolute Gasteiger partial charge is 0.423 e. The van der Waals surface area contributed by atoms with Gasteiger partial charge >= 0.3 is 6.18 Å². The van der Waals surface area contributed by atoms with E-state index in [0.717, 1.165) is 12.7 Å². The van der Waals surface area contributed by atoms with E-state index < -0.39 is 22.7 Å². The number of ether oxygens (including phenoxy) is 1. The molecule has 1 heterocycles. The fourth-order valence-electron chi connectivity index (χ4n) is 1.74. The first kappa shape index (κ1) is 19.2. The number of aryl methyl sites for hydroxylation is 1. The lowest BCUT2D eigenvalue weighted by Gasteiger charge is -2.14. The Kier molecular flexibility index (Phi) is 6.81. The van der Waals surface area contributed by atoms with E-state index in [2.05, 4.69) is 9.98 Å². The largest absolute Gasteiger partial charge is 0.481 e. The second-order valence-electron chi connectivity index (χ2n) is 4.76. The van der Waals surface area contributed by atoms with Gasteiger partial charge in [-0.05, 0) is 31.9 Å². The standard InChI is InChI=1S/C16H18ClF3N2O/c1-5-6-12(17)14(16(18,19)20)15(23-4)22-11(3)13-8-7-10(2)9-21-13/h6-9H,5H2,1-4H3/b12-6-,15-14-,22-11+. The lowest BCUT2D eigenvalue weighted by molar-refractivity contribution is -0.0918. The molecule has 0 N–H and O–H groups in total. The van der Waals surface area contributed by atoms with Crippen molar-refractivity contribution in [2.45, 2.75) is 33.4 Å². The van der Waals surface area contributed by atoms with Crippen LogP contribution in [0.1, 0.15) is 31.5 Å². The van der Waals surface area contributed by atoms with E-state index in [4.69, 9.17) is 16.3 Å². The summed E-state index contributed by atoms with van der Waals surface area (Å²) in [5.74, 6) is -0.591. The van der Waals surface area contributed by atoms with Gasteiger partial charge in [0, 0.05) is 6.20 Å². The number of methoxy groups -OCH3 is 1. The van der Waals surface area contributed by atoms with Gasteiger partial charge in [-0.25, -0.2) is 4.99 Å². The van der Waals surface area contributed by atoms with Crippen LogP contribution in [0.5, 0.6) is 0 Å². The molecule has 0 spiro atoms. The highest BCUT2D eigenvalue weighted by Gasteiger charge is 2.39. The van der Waals surface area contributed by atoms with Gasteiger partial charge in [0.1, 0.15) is 5.57 Å². The Balaban J connectivity index is 3.43. The lowest BCUT2D eigenvalue weighted by atomic mass is 10.2. The monoisotopic (exact) mass is 346 g/mol. The van der Waals surface area contributed by atoms with Crippen molar-refractivity contribution in [1.29, 1.82) is 0 Å². The summed E-state index contributed by atoms with van der Waals surface area (Å²) in [6.45, 7) is 5.11. The van der Waals surface area contributed by atoms with Crippen molar-refractivity contribution in [2.24, 2.45) is 4.99 Å². The molecule has 0 aliphatic heterocycles. The van der Waals surface area contributed by atoms with Crippen LogP contribution in [0, 0.1) is 6.92 Å². The first-order valence-electron chi connectivity index (χ1n) is 6.90. The van der Waals surface area contributed by atoms with Crippen LogP contribution < -0.4 is 0 Å². The van der Waals surface area contributed by atoms with E-state index >= 15 is 0 Å². The molecule has 0 radical (unpaired) electrons. The number of hydrogen-bond acceptors (Lipinski definition) is 3. The summed E-state index contributed by atoms with van der Waals surface area (Å²) in [7, 11) is 1.12. The number of allylic oxidation sites excluding steroid dienone is 3. The molecule has 0 aromatic carbocycles. The van der Waals surface area contributed by atoms with Gasteiger partial charge in [-0.15, -0.1) is 0 Å². The Labute approximate surface area is 138 Å². The van der Waals surface area contributed by atoms with Crippen molar-refractivity contribution in [3.05, 3.63) is 52.2 Å². The Hall–Kier alpha value is -1.82.